The molecule has 0 fully saturated rings. The minimum atomic E-state index is -0.385. The molecule has 30 heavy (non-hydrogen) atoms. The fraction of sp³-hybridized carbons (Fsp3) is 0.120. The van der Waals surface area contributed by atoms with Crippen LogP contribution < -0.4 is 4.74 Å². The summed E-state index contributed by atoms with van der Waals surface area (Å²) < 4.78 is 14.8. The predicted molar refractivity (Wildman–Crippen MR) is 116 cm³/mol. The maximum atomic E-state index is 11.8. The minimum Gasteiger partial charge on any atom is -0.497 e. The predicted octanol–water partition coefficient (Wildman–Crippen LogP) is 4.86. The highest BCUT2D eigenvalue weighted by Gasteiger charge is 2.11. The van der Waals surface area contributed by atoms with E-state index in [4.69, 9.17) is 14.2 Å². The van der Waals surface area contributed by atoms with Crippen molar-refractivity contribution in [3.8, 4) is 5.75 Å². The highest BCUT2D eigenvalue weighted by atomic mass is 16.5. The number of hydrogen-bond acceptors (Lipinski definition) is 5. The van der Waals surface area contributed by atoms with Crippen molar-refractivity contribution in [3.05, 3.63) is 101 Å². The van der Waals surface area contributed by atoms with Crippen molar-refractivity contribution in [2.24, 2.45) is 0 Å². The summed E-state index contributed by atoms with van der Waals surface area (Å²) in [5.74, 6) is 0.00731. The average molecular weight is 402 g/mol. The molecule has 0 aliphatic rings. The van der Waals surface area contributed by atoms with E-state index in [9.17, 15) is 9.59 Å². The summed E-state index contributed by atoms with van der Waals surface area (Å²) in [5, 5.41) is 0. The zero-order valence-electron chi connectivity index (χ0n) is 17.0. The van der Waals surface area contributed by atoms with E-state index >= 15 is 0 Å². The zero-order valence-corrected chi connectivity index (χ0v) is 17.0. The van der Waals surface area contributed by atoms with Crippen LogP contribution in [0.4, 0.5) is 0 Å². The monoisotopic (exact) mass is 402 g/mol. The quantitative estimate of drug-likeness (QED) is 0.435. The van der Waals surface area contributed by atoms with Gasteiger partial charge in [-0.2, -0.15) is 0 Å². The molecule has 0 atom stereocenters. The van der Waals surface area contributed by atoms with Gasteiger partial charge in [-0.05, 0) is 64.7 Å². The average Bonchev–Trinajstić information content (AvgIpc) is 2.82. The van der Waals surface area contributed by atoms with Crippen LogP contribution in [-0.4, -0.2) is 33.3 Å². The lowest BCUT2D eigenvalue weighted by molar-refractivity contribution is 0.0592. The normalized spacial score (nSPS) is 10.1. The number of hydrogen-bond donors (Lipinski definition) is 0. The topological polar surface area (TPSA) is 61.8 Å². The van der Waals surface area contributed by atoms with Gasteiger partial charge in [0.1, 0.15) is 5.75 Å². The Morgan fingerprint density at radius 2 is 1.00 bits per heavy atom. The van der Waals surface area contributed by atoms with E-state index < -0.39 is 0 Å². The fourth-order valence-corrected chi connectivity index (χ4v) is 3.01. The second kappa shape index (κ2) is 9.56. The molecule has 0 radical (unpaired) electrons. The highest BCUT2D eigenvalue weighted by Crippen LogP contribution is 2.28. The van der Waals surface area contributed by atoms with E-state index in [-0.39, 0.29) is 11.9 Å². The maximum absolute atomic E-state index is 11.8. The van der Waals surface area contributed by atoms with Crippen molar-refractivity contribution in [1.29, 1.82) is 0 Å². The number of benzene rings is 3. The number of rotatable bonds is 6. The summed E-state index contributed by atoms with van der Waals surface area (Å²) in [6.45, 7) is 0. The first-order chi connectivity index (χ1) is 14.5. The SMILES string of the molecule is COC(=O)c1ccc(C(=Cc2ccc(OC)cc2)c2ccc(C(=O)OC)cc2)cc1. The van der Waals surface area contributed by atoms with Gasteiger partial charge in [0.25, 0.3) is 0 Å². The highest BCUT2D eigenvalue weighted by molar-refractivity contribution is 5.95. The van der Waals surface area contributed by atoms with Crippen LogP contribution >= 0.6 is 0 Å². The maximum Gasteiger partial charge on any atom is 0.337 e. The van der Waals surface area contributed by atoms with Crippen molar-refractivity contribution in [1.82, 2.24) is 0 Å². The van der Waals surface area contributed by atoms with Crippen LogP contribution in [0.1, 0.15) is 37.4 Å². The zero-order chi connectivity index (χ0) is 21.5. The fourth-order valence-electron chi connectivity index (χ4n) is 3.01. The molecule has 0 saturated carbocycles. The Morgan fingerprint density at radius 1 is 0.600 bits per heavy atom. The molecule has 0 aromatic heterocycles. The molecule has 152 valence electrons. The lowest BCUT2D eigenvalue weighted by Gasteiger charge is -2.11. The van der Waals surface area contributed by atoms with E-state index in [0.717, 1.165) is 28.0 Å². The van der Waals surface area contributed by atoms with Crippen molar-refractivity contribution in [2.75, 3.05) is 21.3 Å². The van der Waals surface area contributed by atoms with Crippen LogP contribution in [0.3, 0.4) is 0 Å². The molecule has 0 unspecified atom stereocenters. The van der Waals surface area contributed by atoms with Gasteiger partial charge in [-0.3, -0.25) is 0 Å². The van der Waals surface area contributed by atoms with Gasteiger partial charge in [0.15, 0.2) is 0 Å². The third-order valence-corrected chi connectivity index (χ3v) is 4.66. The van der Waals surface area contributed by atoms with Crippen LogP contribution in [-0.2, 0) is 9.47 Å². The summed E-state index contributed by atoms with van der Waals surface area (Å²) >= 11 is 0. The number of ether oxygens (including phenoxy) is 3. The van der Waals surface area contributed by atoms with Gasteiger partial charge in [0.05, 0.1) is 32.5 Å². The van der Waals surface area contributed by atoms with Crippen LogP contribution in [0.15, 0.2) is 72.8 Å². The Bertz CT molecular complexity index is 985. The standard InChI is InChI=1S/C25H22O5/c1-28-22-14-4-17(5-15-22)16-23(18-6-10-20(11-7-18)24(26)29-2)19-8-12-21(13-9-19)25(27)30-3/h4-16H,1-3H3. The van der Waals surface area contributed by atoms with Crippen LogP contribution in [0.25, 0.3) is 11.6 Å². The van der Waals surface area contributed by atoms with Crippen LogP contribution in [0, 0.1) is 0 Å². The Morgan fingerprint density at radius 3 is 1.37 bits per heavy atom. The summed E-state index contributed by atoms with van der Waals surface area (Å²) in [7, 11) is 4.34. The van der Waals surface area contributed by atoms with Crippen LogP contribution in [0.5, 0.6) is 5.75 Å². The largest absolute Gasteiger partial charge is 0.497 e. The van der Waals surface area contributed by atoms with Crippen molar-refractivity contribution < 1.29 is 23.8 Å². The lowest BCUT2D eigenvalue weighted by atomic mass is 9.94. The first-order valence-electron chi connectivity index (χ1n) is 9.29. The van der Waals surface area contributed by atoms with Crippen molar-refractivity contribution in [2.45, 2.75) is 0 Å². The summed E-state index contributed by atoms with van der Waals surface area (Å²) in [6, 6.07) is 22.1. The molecule has 5 nitrogen and oxygen atoms in total. The summed E-state index contributed by atoms with van der Waals surface area (Å²) in [6.07, 6.45) is 2.04. The molecule has 0 saturated heterocycles. The molecule has 3 rings (SSSR count). The molecule has 0 aliphatic carbocycles. The lowest BCUT2D eigenvalue weighted by Crippen LogP contribution is -2.02. The smallest absolute Gasteiger partial charge is 0.337 e. The van der Waals surface area contributed by atoms with Gasteiger partial charge in [-0.25, -0.2) is 9.59 Å². The Labute approximate surface area is 175 Å². The molecule has 0 heterocycles. The first kappa shape index (κ1) is 20.9. The second-order valence-electron chi connectivity index (χ2n) is 6.47. The van der Waals surface area contributed by atoms with Gasteiger partial charge in [-0.1, -0.05) is 36.4 Å². The second-order valence-corrected chi connectivity index (χ2v) is 6.47. The molecule has 0 aliphatic heterocycles. The van der Waals surface area contributed by atoms with E-state index in [2.05, 4.69) is 0 Å². The molecular formula is C25H22O5. The molecule has 5 heteroatoms. The number of methoxy groups -OCH3 is 3. The number of carbonyl (C=O) groups is 2. The van der Waals surface area contributed by atoms with E-state index in [0.29, 0.717) is 11.1 Å². The third-order valence-electron chi connectivity index (χ3n) is 4.66. The molecule has 0 bridgehead atoms. The van der Waals surface area contributed by atoms with Crippen LogP contribution in [0.2, 0.25) is 0 Å². The number of carbonyl (C=O) groups excluding carboxylic acids is 2. The minimum absolute atomic E-state index is 0.385. The van der Waals surface area contributed by atoms with E-state index in [1.165, 1.54) is 14.2 Å². The van der Waals surface area contributed by atoms with Crippen molar-refractivity contribution >= 4 is 23.6 Å². The Kier molecular flexibility index (Phi) is 6.65. The summed E-state index contributed by atoms with van der Waals surface area (Å²) in [4.78, 5) is 23.5. The Balaban J connectivity index is 2.05. The van der Waals surface area contributed by atoms with Gasteiger partial charge < -0.3 is 14.2 Å². The molecule has 0 spiro atoms. The van der Waals surface area contributed by atoms with E-state index in [1.807, 2.05) is 54.6 Å². The Hall–Kier alpha value is -3.86. The van der Waals surface area contributed by atoms with Crippen molar-refractivity contribution in [3.63, 3.8) is 0 Å². The van der Waals surface area contributed by atoms with Gasteiger partial charge in [0, 0.05) is 0 Å². The molecule has 0 N–H and O–H groups in total. The summed E-state index contributed by atoms with van der Waals surface area (Å²) in [5.41, 5.74) is 4.72. The van der Waals surface area contributed by atoms with Gasteiger partial charge in [-0.15, -0.1) is 0 Å². The third kappa shape index (κ3) is 4.75. The molecule has 0 amide bonds. The molecular weight excluding hydrogens is 380 g/mol. The molecule has 3 aromatic carbocycles. The first-order valence-corrected chi connectivity index (χ1v) is 9.29. The van der Waals surface area contributed by atoms with E-state index in [1.54, 1.807) is 31.4 Å². The van der Waals surface area contributed by atoms with Gasteiger partial charge in [0.2, 0.25) is 0 Å². The van der Waals surface area contributed by atoms with Gasteiger partial charge >= 0.3 is 11.9 Å². The number of esters is 2. The molecule has 3 aromatic rings.